The molecule has 0 radical (unpaired) electrons. The third kappa shape index (κ3) is 5.20. The highest BCUT2D eigenvalue weighted by Crippen LogP contribution is 2.33. The first-order valence-electron chi connectivity index (χ1n) is 9.16. The van der Waals surface area contributed by atoms with Gasteiger partial charge in [0.05, 0.1) is 0 Å². The van der Waals surface area contributed by atoms with E-state index in [0.717, 1.165) is 13.1 Å². The summed E-state index contributed by atoms with van der Waals surface area (Å²) in [5.41, 5.74) is 1.41. The molecule has 0 bridgehead atoms. The molecule has 1 N–H and O–H groups in total. The van der Waals surface area contributed by atoms with Crippen LogP contribution in [0.2, 0.25) is 0 Å². The van der Waals surface area contributed by atoms with Gasteiger partial charge in [0.15, 0.2) is 0 Å². The van der Waals surface area contributed by atoms with Crippen LogP contribution in [0, 0.1) is 0 Å². The molecule has 1 nitrogen and oxygen atoms in total. The maximum atomic E-state index is 3.62. The second kappa shape index (κ2) is 10.5. The summed E-state index contributed by atoms with van der Waals surface area (Å²) in [4.78, 5) is 0. The van der Waals surface area contributed by atoms with E-state index < -0.39 is 7.92 Å². The van der Waals surface area contributed by atoms with Gasteiger partial charge in [0.25, 0.3) is 0 Å². The van der Waals surface area contributed by atoms with E-state index in [2.05, 4.69) is 97.2 Å². The summed E-state index contributed by atoms with van der Waals surface area (Å²) in [6, 6.07) is 30.8. The molecule has 0 spiro atoms. The van der Waals surface area contributed by atoms with Crippen molar-refractivity contribution in [3.05, 3.63) is 90.5 Å². The van der Waals surface area contributed by atoms with Crippen LogP contribution in [0.25, 0.3) is 0 Å². The minimum Gasteiger partial charge on any atom is -0.312 e. The van der Waals surface area contributed by atoms with E-state index in [-0.39, 0.29) is 0 Å². The molecule has 26 heavy (non-hydrogen) atoms. The second-order valence-corrected chi connectivity index (χ2v) is 9.59. The molecule has 3 aromatic rings. The van der Waals surface area contributed by atoms with Crippen molar-refractivity contribution in [2.24, 2.45) is 0 Å². The smallest absolute Gasteiger partial charge is 0.0212 e. The summed E-state index contributed by atoms with van der Waals surface area (Å²) in [5, 5.41) is 7.89. The first-order valence-corrected chi connectivity index (χ1v) is 11.7. The summed E-state index contributed by atoms with van der Waals surface area (Å²) in [6.45, 7) is 4.20. The van der Waals surface area contributed by atoms with E-state index in [0.29, 0.717) is 0 Å². The van der Waals surface area contributed by atoms with Gasteiger partial charge in [0, 0.05) is 18.8 Å². The van der Waals surface area contributed by atoms with Crippen molar-refractivity contribution in [3.63, 3.8) is 0 Å². The number of hydrogen-bond donors (Lipinski definition) is 1. The Morgan fingerprint density at radius 1 is 0.769 bits per heavy atom. The van der Waals surface area contributed by atoms with E-state index >= 15 is 0 Å². The van der Waals surface area contributed by atoms with Crippen LogP contribution in [0.4, 0.5) is 0 Å². The maximum absolute atomic E-state index is 3.62. The zero-order valence-electron chi connectivity index (χ0n) is 15.3. The minimum atomic E-state index is -0.540. The van der Waals surface area contributed by atoms with E-state index in [1.165, 1.54) is 33.0 Å². The van der Waals surface area contributed by atoms with Crippen LogP contribution in [0.1, 0.15) is 12.5 Å². The van der Waals surface area contributed by atoms with E-state index in [1.807, 2.05) is 11.8 Å². The minimum absolute atomic E-state index is 0.540. The van der Waals surface area contributed by atoms with Crippen LogP contribution in [0.5, 0.6) is 0 Å². The molecule has 0 unspecified atom stereocenters. The zero-order valence-corrected chi connectivity index (χ0v) is 17.0. The maximum Gasteiger partial charge on any atom is 0.0212 e. The van der Waals surface area contributed by atoms with Crippen molar-refractivity contribution in [2.75, 3.05) is 18.1 Å². The fourth-order valence-electron chi connectivity index (χ4n) is 2.97. The molecule has 0 heterocycles. The fourth-order valence-corrected chi connectivity index (χ4v) is 6.02. The Bertz CT molecular complexity index is 737. The summed E-state index contributed by atoms with van der Waals surface area (Å²) in [5.74, 6) is 2.36. The predicted octanol–water partition coefficient (Wildman–Crippen LogP) is 4.29. The van der Waals surface area contributed by atoms with Crippen molar-refractivity contribution in [1.29, 1.82) is 0 Å². The van der Waals surface area contributed by atoms with Crippen LogP contribution >= 0.6 is 19.7 Å². The van der Waals surface area contributed by atoms with E-state index in [4.69, 9.17) is 0 Å². The Hall–Kier alpha value is -1.60. The fraction of sp³-hybridized carbons (Fsp3) is 0.217. The van der Waals surface area contributed by atoms with Crippen LogP contribution < -0.4 is 21.2 Å². The van der Waals surface area contributed by atoms with Crippen molar-refractivity contribution in [1.82, 2.24) is 5.32 Å². The second-order valence-electron chi connectivity index (χ2n) is 6.01. The number of hydrogen-bond acceptors (Lipinski definition) is 2. The third-order valence-electron chi connectivity index (χ3n) is 4.20. The third-order valence-corrected chi connectivity index (χ3v) is 7.65. The van der Waals surface area contributed by atoms with Crippen LogP contribution in [-0.4, -0.2) is 18.1 Å². The Morgan fingerprint density at radius 3 is 1.96 bits per heavy atom. The Kier molecular flexibility index (Phi) is 7.76. The van der Waals surface area contributed by atoms with Crippen LogP contribution in [0.15, 0.2) is 84.9 Å². The van der Waals surface area contributed by atoms with Crippen LogP contribution in [-0.2, 0) is 6.54 Å². The van der Waals surface area contributed by atoms with Gasteiger partial charge in [-0.25, -0.2) is 0 Å². The van der Waals surface area contributed by atoms with Crippen LogP contribution in [0.3, 0.4) is 0 Å². The molecule has 3 rings (SSSR count). The topological polar surface area (TPSA) is 12.0 Å². The molecule has 0 aliphatic rings. The highest BCUT2D eigenvalue weighted by atomic mass is 32.2. The number of rotatable bonds is 9. The quantitative estimate of drug-likeness (QED) is 0.440. The molecule has 0 saturated carbocycles. The van der Waals surface area contributed by atoms with Crippen molar-refractivity contribution in [3.8, 4) is 0 Å². The lowest BCUT2D eigenvalue weighted by Crippen LogP contribution is -2.26. The molecule has 0 fully saturated rings. The highest BCUT2D eigenvalue weighted by Gasteiger charge is 2.18. The Morgan fingerprint density at radius 2 is 1.35 bits per heavy atom. The van der Waals surface area contributed by atoms with Gasteiger partial charge in [-0.15, -0.1) is 0 Å². The molecule has 0 aromatic heterocycles. The molecule has 134 valence electrons. The van der Waals surface area contributed by atoms with Gasteiger partial charge in [-0.1, -0.05) is 91.9 Å². The summed E-state index contributed by atoms with van der Waals surface area (Å²) in [7, 11) is -0.540. The molecule has 3 aromatic carbocycles. The molecular formula is C23H26NPS. The van der Waals surface area contributed by atoms with Crippen molar-refractivity contribution < 1.29 is 0 Å². The predicted molar refractivity (Wildman–Crippen MR) is 120 cm³/mol. The number of nitrogens with one attached hydrogen (secondary N) is 1. The molecule has 0 saturated heterocycles. The largest absolute Gasteiger partial charge is 0.312 e. The summed E-state index contributed by atoms with van der Waals surface area (Å²) < 4.78 is 0. The van der Waals surface area contributed by atoms with Gasteiger partial charge in [0.2, 0.25) is 0 Å². The lowest BCUT2D eigenvalue weighted by atomic mass is 10.2. The molecule has 3 heteroatoms. The molecule has 0 amide bonds. The van der Waals surface area contributed by atoms with Gasteiger partial charge in [-0.3, -0.25) is 0 Å². The van der Waals surface area contributed by atoms with Crippen molar-refractivity contribution in [2.45, 2.75) is 13.5 Å². The first kappa shape index (κ1) is 19.2. The molecule has 0 aliphatic heterocycles. The normalized spacial score (nSPS) is 11.0. The van der Waals surface area contributed by atoms with Gasteiger partial charge >= 0.3 is 0 Å². The van der Waals surface area contributed by atoms with E-state index in [9.17, 15) is 0 Å². The standard InChI is InChI=1S/C23H26NPS/c1-2-26-18-17-24-19-20-11-9-10-16-23(20)25(21-12-5-3-6-13-21)22-14-7-4-8-15-22/h3-16,24H,2,17-19H2,1H3. The number of thioether (sulfide) groups is 1. The lowest BCUT2D eigenvalue weighted by Gasteiger charge is -2.22. The van der Waals surface area contributed by atoms with Crippen molar-refractivity contribution >= 4 is 35.6 Å². The Balaban J connectivity index is 1.90. The monoisotopic (exact) mass is 379 g/mol. The van der Waals surface area contributed by atoms with Gasteiger partial charge in [-0.2, -0.15) is 11.8 Å². The van der Waals surface area contributed by atoms with E-state index in [1.54, 1.807) is 0 Å². The zero-order chi connectivity index (χ0) is 18.0. The average Bonchev–Trinajstić information content (AvgIpc) is 2.71. The summed E-state index contributed by atoms with van der Waals surface area (Å²) >= 11 is 1.99. The summed E-state index contributed by atoms with van der Waals surface area (Å²) in [6.07, 6.45) is 0. The highest BCUT2D eigenvalue weighted by molar-refractivity contribution is 7.99. The first-order chi connectivity index (χ1) is 12.9. The van der Waals surface area contributed by atoms with Gasteiger partial charge in [0.1, 0.15) is 0 Å². The number of benzene rings is 3. The average molecular weight is 380 g/mol. The van der Waals surface area contributed by atoms with Gasteiger partial charge < -0.3 is 5.32 Å². The van der Waals surface area contributed by atoms with Gasteiger partial charge in [-0.05, 0) is 35.2 Å². The molecule has 0 aliphatic carbocycles. The molecule has 0 atom stereocenters. The lowest BCUT2D eigenvalue weighted by molar-refractivity contribution is 0.735. The molecular weight excluding hydrogens is 353 g/mol. The SMILES string of the molecule is CCSCCNCc1ccccc1P(c1ccccc1)c1ccccc1. The Labute approximate surface area is 163 Å².